The van der Waals surface area contributed by atoms with Crippen LogP contribution < -0.4 is 10.6 Å². The molecule has 2 rings (SSSR count). The van der Waals surface area contributed by atoms with E-state index < -0.39 is 12.0 Å². The third-order valence-electron chi connectivity index (χ3n) is 3.28. The summed E-state index contributed by atoms with van der Waals surface area (Å²) < 4.78 is 0. The Kier molecular flexibility index (Phi) is 5.12. The summed E-state index contributed by atoms with van der Waals surface area (Å²) in [6.07, 6.45) is 2.97. The van der Waals surface area contributed by atoms with E-state index in [1.54, 1.807) is 0 Å². The molecule has 1 amide bonds. The molecule has 5 heteroatoms. The Morgan fingerprint density at radius 3 is 2.55 bits per heavy atom. The molecule has 0 bridgehead atoms. The molecule has 108 valence electrons. The quantitative estimate of drug-likeness (QED) is 0.660. The van der Waals surface area contributed by atoms with Gasteiger partial charge in [-0.1, -0.05) is 30.3 Å². The van der Waals surface area contributed by atoms with Crippen LogP contribution in [0.2, 0.25) is 0 Å². The molecule has 1 aliphatic carbocycles. The van der Waals surface area contributed by atoms with E-state index in [1.807, 2.05) is 30.3 Å². The smallest absolute Gasteiger partial charge is 0.326 e. The predicted molar refractivity (Wildman–Crippen MR) is 75.4 cm³/mol. The van der Waals surface area contributed by atoms with Gasteiger partial charge < -0.3 is 15.7 Å². The van der Waals surface area contributed by atoms with Crippen molar-refractivity contribution < 1.29 is 14.7 Å². The fraction of sp³-hybridized carbons (Fsp3) is 0.467. The highest BCUT2D eigenvalue weighted by atomic mass is 16.4. The lowest BCUT2D eigenvalue weighted by atomic mass is 10.1. The lowest BCUT2D eigenvalue weighted by Crippen LogP contribution is -2.43. The van der Waals surface area contributed by atoms with Crippen molar-refractivity contribution in [3.05, 3.63) is 35.9 Å². The van der Waals surface area contributed by atoms with Crippen LogP contribution in [-0.4, -0.2) is 35.6 Å². The first-order valence-electron chi connectivity index (χ1n) is 6.94. The van der Waals surface area contributed by atoms with Crippen LogP contribution in [0.1, 0.15) is 24.8 Å². The van der Waals surface area contributed by atoms with E-state index in [2.05, 4.69) is 10.6 Å². The van der Waals surface area contributed by atoms with Gasteiger partial charge in [0, 0.05) is 25.4 Å². The number of hydrogen-bond acceptors (Lipinski definition) is 3. The molecule has 1 atom stereocenters. The Bertz CT molecular complexity index is 457. The zero-order valence-corrected chi connectivity index (χ0v) is 11.3. The normalized spacial score (nSPS) is 15.6. The second-order valence-electron chi connectivity index (χ2n) is 5.13. The molecular formula is C15H20N2O3. The van der Waals surface area contributed by atoms with Crippen LogP contribution in [0.4, 0.5) is 0 Å². The van der Waals surface area contributed by atoms with Crippen molar-refractivity contribution in [2.75, 3.05) is 6.54 Å². The molecule has 0 unspecified atom stereocenters. The zero-order valence-electron chi connectivity index (χ0n) is 11.3. The molecular weight excluding hydrogens is 256 g/mol. The SMILES string of the molecule is O=C(CCNC1CC1)N[C@H](Cc1ccccc1)C(=O)O. The number of aliphatic carboxylic acids is 1. The summed E-state index contributed by atoms with van der Waals surface area (Å²) in [5.41, 5.74) is 0.899. The Balaban J connectivity index is 1.78. The highest BCUT2D eigenvalue weighted by Gasteiger charge is 2.22. The molecule has 1 aromatic carbocycles. The van der Waals surface area contributed by atoms with Gasteiger partial charge in [-0.3, -0.25) is 4.79 Å². The first-order chi connectivity index (χ1) is 9.65. The van der Waals surface area contributed by atoms with E-state index in [-0.39, 0.29) is 5.91 Å². The van der Waals surface area contributed by atoms with Crippen molar-refractivity contribution in [2.24, 2.45) is 0 Å². The number of nitrogens with one attached hydrogen (secondary N) is 2. The van der Waals surface area contributed by atoms with E-state index in [9.17, 15) is 14.7 Å². The molecule has 5 nitrogen and oxygen atoms in total. The number of rotatable bonds is 8. The molecule has 0 aliphatic heterocycles. The van der Waals surface area contributed by atoms with Crippen molar-refractivity contribution in [3.8, 4) is 0 Å². The van der Waals surface area contributed by atoms with Gasteiger partial charge in [0.25, 0.3) is 0 Å². The molecule has 0 saturated heterocycles. The summed E-state index contributed by atoms with van der Waals surface area (Å²) in [5, 5.41) is 15.0. The maximum Gasteiger partial charge on any atom is 0.326 e. The van der Waals surface area contributed by atoms with Crippen molar-refractivity contribution in [2.45, 2.75) is 37.8 Å². The van der Waals surface area contributed by atoms with E-state index >= 15 is 0 Å². The number of amides is 1. The van der Waals surface area contributed by atoms with Gasteiger partial charge in [-0.25, -0.2) is 4.79 Å². The number of carbonyl (C=O) groups is 2. The second kappa shape index (κ2) is 7.05. The Hall–Kier alpha value is -1.88. The summed E-state index contributed by atoms with van der Waals surface area (Å²) in [6, 6.07) is 8.99. The van der Waals surface area contributed by atoms with Crippen LogP contribution in [0.3, 0.4) is 0 Å². The third kappa shape index (κ3) is 5.01. The first kappa shape index (κ1) is 14.5. The molecule has 0 aromatic heterocycles. The minimum Gasteiger partial charge on any atom is -0.480 e. The third-order valence-corrected chi connectivity index (χ3v) is 3.28. The standard InChI is InChI=1S/C15H20N2O3/c18-14(8-9-16-12-6-7-12)17-13(15(19)20)10-11-4-2-1-3-5-11/h1-5,12-13,16H,6-10H2,(H,17,18)(H,19,20)/t13-/m1/s1. The highest BCUT2D eigenvalue weighted by Crippen LogP contribution is 2.18. The van der Waals surface area contributed by atoms with E-state index in [0.29, 0.717) is 25.4 Å². The maximum atomic E-state index is 11.7. The largest absolute Gasteiger partial charge is 0.480 e. The Morgan fingerprint density at radius 2 is 1.95 bits per heavy atom. The summed E-state index contributed by atoms with van der Waals surface area (Å²) in [4.78, 5) is 22.9. The van der Waals surface area contributed by atoms with Crippen LogP contribution >= 0.6 is 0 Å². The second-order valence-corrected chi connectivity index (χ2v) is 5.13. The fourth-order valence-electron chi connectivity index (χ4n) is 1.99. The molecule has 0 radical (unpaired) electrons. The van der Waals surface area contributed by atoms with Crippen LogP contribution in [0.25, 0.3) is 0 Å². The number of carboxylic acid groups (broad SMARTS) is 1. The lowest BCUT2D eigenvalue weighted by molar-refractivity contribution is -0.141. The average Bonchev–Trinajstić information content (AvgIpc) is 3.23. The van der Waals surface area contributed by atoms with Crippen molar-refractivity contribution >= 4 is 11.9 Å². The van der Waals surface area contributed by atoms with Crippen LogP contribution in [0.15, 0.2) is 30.3 Å². The minimum absolute atomic E-state index is 0.221. The van der Waals surface area contributed by atoms with Crippen LogP contribution in [-0.2, 0) is 16.0 Å². The van der Waals surface area contributed by atoms with Gasteiger partial charge in [-0.05, 0) is 18.4 Å². The topological polar surface area (TPSA) is 78.4 Å². The van der Waals surface area contributed by atoms with Gasteiger partial charge in [0.05, 0.1) is 0 Å². The molecule has 0 heterocycles. The molecule has 1 fully saturated rings. The predicted octanol–water partition coefficient (Wildman–Crippen LogP) is 0.941. The van der Waals surface area contributed by atoms with E-state index in [4.69, 9.17) is 0 Å². The van der Waals surface area contributed by atoms with Gasteiger partial charge in [0.15, 0.2) is 0 Å². The number of carboxylic acids is 1. The summed E-state index contributed by atoms with van der Waals surface area (Å²) in [7, 11) is 0. The van der Waals surface area contributed by atoms with Gasteiger partial charge in [-0.2, -0.15) is 0 Å². The van der Waals surface area contributed by atoms with Crippen LogP contribution in [0, 0.1) is 0 Å². The average molecular weight is 276 g/mol. The van der Waals surface area contributed by atoms with Gasteiger partial charge in [-0.15, -0.1) is 0 Å². The summed E-state index contributed by atoms with van der Waals surface area (Å²) in [6.45, 7) is 0.605. The van der Waals surface area contributed by atoms with Gasteiger partial charge >= 0.3 is 5.97 Å². The molecule has 1 saturated carbocycles. The number of benzene rings is 1. The zero-order chi connectivity index (χ0) is 14.4. The van der Waals surface area contributed by atoms with Crippen molar-refractivity contribution in [1.82, 2.24) is 10.6 Å². The first-order valence-corrected chi connectivity index (χ1v) is 6.94. The Labute approximate surface area is 118 Å². The van der Waals surface area contributed by atoms with Crippen LogP contribution in [0.5, 0.6) is 0 Å². The monoisotopic (exact) mass is 276 g/mol. The lowest BCUT2D eigenvalue weighted by Gasteiger charge is -2.14. The summed E-state index contributed by atoms with van der Waals surface area (Å²) >= 11 is 0. The molecule has 20 heavy (non-hydrogen) atoms. The van der Waals surface area contributed by atoms with Crippen molar-refractivity contribution in [3.63, 3.8) is 0 Å². The van der Waals surface area contributed by atoms with E-state index in [0.717, 1.165) is 5.56 Å². The van der Waals surface area contributed by atoms with Gasteiger partial charge in [0.1, 0.15) is 6.04 Å². The molecule has 3 N–H and O–H groups in total. The molecule has 0 spiro atoms. The van der Waals surface area contributed by atoms with Gasteiger partial charge in [0.2, 0.25) is 5.91 Å². The Morgan fingerprint density at radius 1 is 1.25 bits per heavy atom. The number of hydrogen-bond donors (Lipinski definition) is 3. The highest BCUT2D eigenvalue weighted by molar-refractivity contribution is 5.83. The van der Waals surface area contributed by atoms with Crippen molar-refractivity contribution in [1.29, 1.82) is 0 Å². The maximum absolute atomic E-state index is 11.7. The van der Waals surface area contributed by atoms with E-state index in [1.165, 1.54) is 12.8 Å². The molecule has 1 aliphatic rings. The minimum atomic E-state index is -1.00. The summed E-state index contributed by atoms with van der Waals surface area (Å²) in [5.74, 6) is -1.22. The fourth-order valence-corrected chi connectivity index (χ4v) is 1.99. The number of carbonyl (C=O) groups excluding carboxylic acids is 1. The molecule has 1 aromatic rings.